The molecule has 1 aliphatic heterocycles. The van der Waals surface area contributed by atoms with E-state index in [1.165, 1.54) is 4.90 Å². The van der Waals surface area contributed by atoms with E-state index in [9.17, 15) is 19.2 Å². The van der Waals surface area contributed by atoms with Gasteiger partial charge in [-0.25, -0.2) is 9.69 Å². The van der Waals surface area contributed by atoms with E-state index >= 15 is 0 Å². The number of nitrogens with zero attached hydrogens (tertiary/aromatic N) is 1. The van der Waals surface area contributed by atoms with E-state index in [4.69, 9.17) is 4.74 Å². The lowest BCUT2D eigenvalue weighted by atomic mass is 9.55. The predicted molar refractivity (Wildman–Crippen MR) is 187 cm³/mol. The Morgan fingerprint density at radius 1 is 0.612 bits per heavy atom. The Balaban J connectivity index is 1.01. The molecule has 6 heteroatoms. The smallest absolute Gasteiger partial charge is 0.338 e. The second-order valence-corrected chi connectivity index (χ2v) is 13.2. The largest absolute Gasteiger partial charge is 0.450 e. The highest BCUT2D eigenvalue weighted by Gasteiger charge is 2.61. The molecular formula is C43H35NO5. The Morgan fingerprint density at radius 2 is 1.08 bits per heavy atom. The lowest BCUT2D eigenvalue weighted by Gasteiger charge is -2.45. The molecule has 0 spiro atoms. The summed E-state index contributed by atoms with van der Waals surface area (Å²) in [5, 5.41) is 0. The van der Waals surface area contributed by atoms with Gasteiger partial charge in [-0.2, -0.15) is 0 Å². The lowest BCUT2D eigenvalue weighted by Crippen LogP contribution is -2.41. The summed E-state index contributed by atoms with van der Waals surface area (Å²) in [5.41, 5.74) is 7.67. The van der Waals surface area contributed by atoms with E-state index in [2.05, 4.69) is 24.3 Å². The van der Waals surface area contributed by atoms with Crippen molar-refractivity contribution in [2.75, 3.05) is 4.90 Å². The fraction of sp³-hybridized carbons (Fsp3) is 0.209. The molecule has 0 aromatic heterocycles. The number of hydrogen-bond donors (Lipinski definition) is 0. The third-order valence-corrected chi connectivity index (χ3v) is 10.4. The van der Waals surface area contributed by atoms with Crippen LogP contribution in [0.3, 0.4) is 0 Å². The summed E-state index contributed by atoms with van der Waals surface area (Å²) in [7, 11) is 0. The summed E-state index contributed by atoms with van der Waals surface area (Å²) in [6.45, 7) is 2.02. The summed E-state index contributed by atoms with van der Waals surface area (Å²) in [5.74, 6) is -2.65. The number of imide groups is 1. The fourth-order valence-corrected chi connectivity index (χ4v) is 8.15. The molecule has 4 aliphatic rings. The predicted octanol–water partition coefficient (Wildman–Crippen LogP) is 8.35. The van der Waals surface area contributed by atoms with Gasteiger partial charge in [0.2, 0.25) is 17.6 Å². The highest BCUT2D eigenvalue weighted by molar-refractivity contribution is 6.23. The van der Waals surface area contributed by atoms with Crippen molar-refractivity contribution in [3.8, 4) is 11.1 Å². The van der Waals surface area contributed by atoms with Crippen LogP contribution in [0.5, 0.6) is 0 Å². The molecular weight excluding hydrogens is 610 g/mol. The van der Waals surface area contributed by atoms with Crippen LogP contribution in [0.15, 0.2) is 127 Å². The number of benzene rings is 5. The van der Waals surface area contributed by atoms with Crippen LogP contribution in [0.1, 0.15) is 81.0 Å². The van der Waals surface area contributed by atoms with Gasteiger partial charge in [-0.3, -0.25) is 14.4 Å². The summed E-state index contributed by atoms with van der Waals surface area (Å²) < 4.78 is 5.83. The minimum atomic E-state index is -0.932. The lowest BCUT2D eigenvalue weighted by molar-refractivity contribution is -0.122. The number of unbranched alkanes of at least 4 members (excludes halogenated alkanes) is 1. The Kier molecular flexibility index (Phi) is 7.79. The first kappa shape index (κ1) is 30.7. The molecule has 1 heterocycles. The van der Waals surface area contributed by atoms with Gasteiger partial charge in [0.05, 0.1) is 23.1 Å². The van der Waals surface area contributed by atoms with Crippen molar-refractivity contribution < 1.29 is 23.9 Å². The van der Waals surface area contributed by atoms with E-state index < -0.39 is 23.9 Å². The number of rotatable bonds is 9. The standard InChI is InChI=1S/C43H35NO5/c1-2-3-17-35(40(45)28-20-18-27(19-21-28)26-11-5-4-6-12-26)49-43(48)29-22-24-30(25-23-29)44-41(46)38-36-31-13-7-8-14-32(31)37(39(38)42(44)47)34-16-10-9-15-33(34)36/h4-16,18-25,35-39H,2-3,17H2,1H3/t35-,36?,37?,38+,39+/m0/s1. The van der Waals surface area contributed by atoms with E-state index in [0.717, 1.165) is 46.2 Å². The first-order valence-corrected chi connectivity index (χ1v) is 17.0. The molecule has 242 valence electrons. The van der Waals surface area contributed by atoms with Crippen molar-refractivity contribution in [1.82, 2.24) is 0 Å². The first-order valence-electron chi connectivity index (χ1n) is 17.0. The monoisotopic (exact) mass is 645 g/mol. The van der Waals surface area contributed by atoms with Gasteiger partial charge in [0.1, 0.15) is 0 Å². The number of ether oxygens (including phenoxy) is 1. The van der Waals surface area contributed by atoms with Gasteiger partial charge in [-0.05, 0) is 70.5 Å². The summed E-state index contributed by atoms with van der Waals surface area (Å²) >= 11 is 0. The number of amides is 2. The number of hydrogen-bond acceptors (Lipinski definition) is 5. The third kappa shape index (κ3) is 5.10. The van der Waals surface area contributed by atoms with E-state index in [1.807, 2.05) is 73.7 Å². The van der Waals surface area contributed by atoms with Gasteiger partial charge in [0, 0.05) is 17.4 Å². The molecule has 0 N–H and O–H groups in total. The van der Waals surface area contributed by atoms with E-state index in [-0.39, 0.29) is 35.0 Å². The number of ketones is 1. The Labute approximate surface area is 285 Å². The Morgan fingerprint density at radius 3 is 1.59 bits per heavy atom. The normalized spacial score (nSPS) is 20.7. The van der Waals surface area contributed by atoms with E-state index in [0.29, 0.717) is 17.7 Å². The van der Waals surface area contributed by atoms with E-state index in [1.54, 1.807) is 36.4 Å². The molecule has 0 saturated carbocycles. The molecule has 0 unspecified atom stereocenters. The first-order chi connectivity index (χ1) is 24.0. The number of esters is 1. The number of carbonyl (C=O) groups is 4. The van der Waals surface area contributed by atoms with Crippen LogP contribution < -0.4 is 4.90 Å². The maximum absolute atomic E-state index is 14.1. The number of carbonyl (C=O) groups excluding carboxylic acids is 4. The Bertz CT molecular complexity index is 1970. The molecule has 3 aliphatic carbocycles. The zero-order valence-electron chi connectivity index (χ0n) is 27.1. The quantitative estimate of drug-likeness (QED) is 0.0915. The average Bonchev–Trinajstić information content (AvgIpc) is 3.42. The zero-order chi connectivity index (χ0) is 33.6. The van der Waals surface area contributed by atoms with Crippen LogP contribution >= 0.6 is 0 Å². The average molecular weight is 646 g/mol. The molecule has 1 fully saturated rings. The van der Waals surface area contributed by atoms with Gasteiger partial charge >= 0.3 is 5.97 Å². The molecule has 6 nitrogen and oxygen atoms in total. The second kappa shape index (κ2) is 12.4. The minimum Gasteiger partial charge on any atom is -0.450 e. The maximum Gasteiger partial charge on any atom is 0.338 e. The minimum absolute atomic E-state index is 0.190. The van der Waals surface area contributed by atoms with Crippen molar-refractivity contribution in [1.29, 1.82) is 0 Å². The maximum atomic E-state index is 14.1. The topological polar surface area (TPSA) is 80.8 Å². The molecule has 2 bridgehead atoms. The van der Waals surface area contributed by atoms with Gasteiger partial charge < -0.3 is 4.74 Å². The summed E-state index contributed by atoms with van der Waals surface area (Å²) in [4.78, 5) is 56.5. The SMILES string of the molecule is CCCC[C@H](OC(=O)c1ccc(N2C(=O)[C@@H]3C4c5ccccc5C(c5ccccc54)[C@H]3C2=O)cc1)C(=O)c1ccc(-c2ccccc2)cc1. The van der Waals surface area contributed by atoms with Crippen LogP contribution in [0, 0.1) is 11.8 Å². The summed E-state index contributed by atoms with van der Waals surface area (Å²) in [6.07, 6.45) is 1.05. The second-order valence-electron chi connectivity index (χ2n) is 13.2. The Hall–Kier alpha value is -5.62. The van der Waals surface area contributed by atoms with Gasteiger partial charge in [0.15, 0.2) is 6.10 Å². The molecule has 49 heavy (non-hydrogen) atoms. The molecule has 5 aromatic rings. The fourth-order valence-electron chi connectivity index (χ4n) is 8.15. The van der Waals surface area contributed by atoms with Crippen molar-refractivity contribution in [2.24, 2.45) is 11.8 Å². The van der Waals surface area contributed by atoms with Gasteiger partial charge in [-0.15, -0.1) is 0 Å². The van der Waals surface area contributed by atoms with Crippen molar-refractivity contribution in [3.05, 3.63) is 161 Å². The van der Waals surface area contributed by atoms with Crippen LogP contribution in [0.2, 0.25) is 0 Å². The molecule has 9 rings (SSSR count). The molecule has 0 radical (unpaired) electrons. The van der Waals surface area contributed by atoms with Crippen molar-refractivity contribution >= 4 is 29.3 Å². The van der Waals surface area contributed by atoms with Gasteiger partial charge in [-0.1, -0.05) is 116 Å². The molecule has 1 saturated heterocycles. The zero-order valence-corrected chi connectivity index (χ0v) is 27.1. The van der Waals surface area contributed by atoms with Crippen LogP contribution in [-0.2, 0) is 14.3 Å². The van der Waals surface area contributed by atoms with Crippen LogP contribution in [0.25, 0.3) is 11.1 Å². The molecule has 2 amide bonds. The third-order valence-electron chi connectivity index (χ3n) is 10.4. The number of anilines is 1. The highest BCUT2D eigenvalue weighted by atomic mass is 16.5. The number of Topliss-reactive ketones (excluding diaryl/α,β-unsaturated/α-hetero) is 1. The van der Waals surface area contributed by atoms with Gasteiger partial charge in [0.25, 0.3) is 0 Å². The van der Waals surface area contributed by atoms with Crippen molar-refractivity contribution in [3.63, 3.8) is 0 Å². The van der Waals surface area contributed by atoms with Crippen molar-refractivity contribution in [2.45, 2.75) is 44.1 Å². The van der Waals surface area contributed by atoms with Crippen LogP contribution in [-0.4, -0.2) is 29.7 Å². The molecule has 5 aromatic carbocycles. The highest BCUT2D eigenvalue weighted by Crippen LogP contribution is 2.61. The molecule has 3 atom stereocenters. The van der Waals surface area contributed by atoms with Crippen LogP contribution in [0.4, 0.5) is 5.69 Å². The summed E-state index contributed by atoms with van der Waals surface area (Å²) in [6, 6.07) is 40.0.